The number of anilines is 1. The van der Waals surface area contributed by atoms with E-state index in [9.17, 15) is 19.7 Å². The van der Waals surface area contributed by atoms with Crippen LogP contribution in [0.1, 0.15) is 49.4 Å². The summed E-state index contributed by atoms with van der Waals surface area (Å²) in [5.41, 5.74) is 0.605. The second kappa shape index (κ2) is 8.37. The van der Waals surface area contributed by atoms with E-state index < -0.39 is 10.9 Å². The van der Waals surface area contributed by atoms with Gasteiger partial charge in [0.05, 0.1) is 16.2 Å². The van der Waals surface area contributed by atoms with E-state index in [2.05, 4.69) is 0 Å². The van der Waals surface area contributed by atoms with Gasteiger partial charge in [-0.25, -0.2) is 4.79 Å². The number of hydrogen-bond acceptors (Lipinski definition) is 6. The van der Waals surface area contributed by atoms with Crippen molar-refractivity contribution in [3.8, 4) is 0 Å². The summed E-state index contributed by atoms with van der Waals surface area (Å²) in [6.07, 6.45) is 5.02. The lowest BCUT2D eigenvalue weighted by Crippen LogP contribution is -2.44. The molecule has 1 atom stereocenters. The highest BCUT2D eigenvalue weighted by Gasteiger charge is 2.26. The lowest BCUT2D eigenvalue weighted by Gasteiger charge is -2.33. The Morgan fingerprint density at radius 2 is 1.89 bits per heavy atom. The zero-order chi connectivity index (χ0) is 19.4. The van der Waals surface area contributed by atoms with E-state index in [0.717, 1.165) is 45.2 Å². The maximum atomic E-state index is 12.6. The highest BCUT2D eigenvalue weighted by Crippen LogP contribution is 2.29. The molecule has 0 aromatic heterocycles. The van der Waals surface area contributed by atoms with Crippen LogP contribution in [0.25, 0.3) is 0 Å². The number of nitro benzene ring substituents is 1. The predicted molar refractivity (Wildman–Crippen MR) is 99.9 cm³/mol. The van der Waals surface area contributed by atoms with Gasteiger partial charge in [-0.15, -0.1) is 0 Å². The number of esters is 1. The molecule has 1 aromatic rings. The van der Waals surface area contributed by atoms with Crippen molar-refractivity contribution in [2.45, 2.75) is 45.1 Å². The second-order valence-corrected chi connectivity index (χ2v) is 7.16. The zero-order valence-electron chi connectivity index (χ0n) is 15.6. The summed E-state index contributed by atoms with van der Waals surface area (Å²) in [6, 6.07) is 4.37. The Morgan fingerprint density at radius 1 is 1.19 bits per heavy atom. The number of nitrogens with zero attached hydrogens (tertiary/aromatic N) is 3. The number of nitro groups is 1. The summed E-state index contributed by atoms with van der Waals surface area (Å²) >= 11 is 0. The van der Waals surface area contributed by atoms with Crippen molar-refractivity contribution in [3.05, 3.63) is 33.9 Å². The molecule has 2 aliphatic heterocycles. The van der Waals surface area contributed by atoms with Gasteiger partial charge in [-0.2, -0.15) is 0 Å². The number of carbonyl (C=O) groups excluding carboxylic acids is 2. The number of rotatable bonds is 5. The quantitative estimate of drug-likeness (QED) is 0.446. The predicted octanol–water partition coefficient (Wildman–Crippen LogP) is 2.75. The Balaban J connectivity index is 1.73. The molecule has 0 saturated carbocycles. The minimum Gasteiger partial charge on any atom is -0.452 e. The van der Waals surface area contributed by atoms with Gasteiger partial charge < -0.3 is 14.5 Å². The lowest BCUT2D eigenvalue weighted by molar-refractivity contribution is -0.384. The van der Waals surface area contributed by atoms with Gasteiger partial charge in [-0.1, -0.05) is 0 Å². The van der Waals surface area contributed by atoms with Crippen LogP contribution in [0.5, 0.6) is 0 Å². The minimum absolute atomic E-state index is 0.142. The Hall–Kier alpha value is -2.64. The molecule has 0 bridgehead atoms. The Kier molecular flexibility index (Phi) is 5.93. The van der Waals surface area contributed by atoms with Gasteiger partial charge in [-0.3, -0.25) is 14.9 Å². The number of piperidine rings is 1. The molecule has 0 aliphatic carbocycles. The standard InChI is InChI=1S/C19H25N3O5/c1-14-6-2-3-11-21(14)18(23)13-27-19(24)16-12-15(22(25)26)7-8-17(16)20-9-4-5-10-20/h7-8,12,14H,2-6,9-11,13H2,1H3/t14-/m0/s1. The number of ether oxygens (including phenoxy) is 1. The molecule has 27 heavy (non-hydrogen) atoms. The fourth-order valence-corrected chi connectivity index (χ4v) is 3.79. The van der Waals surface area contributed by atoms with Crippen LogP contribution in [0.3, 0.4) is 0 Å². The van der Waals surface area contributed by atoms with Gasteiger partial charge in [0.2, 0.25) is 0 Å². The maximum Gasteiger partial charge on any atom is 0.341 e. The van der Waals surface area contributed by atoms with Crippen LogP contribution in [0, 0.1) is 10.1 Å². The topological polar surface area (TPSA) is 93.0 Å². The molecule has 8 nitrogen and oxygen atoms in total. The largest absolute Gasteiger partial charge is 0.452 e. The van der Waals surface area contributed by atoms with Crippen molar-refractivity contribution in [1.29, 1.82) is 0 Å². The summed E-state index contributed by atoms with van der Waals surface area (Å²) in [5.74, 6) is -0.915. The van der Waals surface area contributed by atoms with Gasteiger partial charge in [0.25, 0.3) is 11.6 Å². The van der Waals surface area contributed by atoms with E-state index in [1.165, 1.54) is 12.1 Å². The van der Waals surface area contributed by atoms with Crippen molar-refractivity contribution in [2.24, 2.45) is 0 Å². The first kappa shape index (κ1) is 19.1. The highest BCUT2D eigenvalue weighted by atomic mass is 16.6. The number of likely N-dealkylation sites (tertiary alicyclic amines) is 1. The van der Waals surface area contributed by atoms with E-state index in [1.807, 2.05) is 11.8 Å². The summed E-state index contributed by atoms with van der Waals surface area (Å²) in [6.45, 7) is 3.91. The van der Waals surface area contributed by atoms with Gasteiger partial charge in [0.1, 0.15) is 0 Å². The fraction of sp³-hybridized carbons (Fsp3) is 0.579. The van der Waals surface area contributed by atoms with Gasteiger partial charge in [0.15, 0.2) is 6.61 Å². The third-order valence-corrected chi connectivity index (χ3v) is 5.31. The molecule has 0 unspecified atom stereocenters. The molecule has 1 amide bonds. The Morgan fingerprint density at radius 3 is 2.56 bits per heavy atom. The molecule has 2 aliphatic rings. The van der Waals surface area contributed by atoms with Crippen molar-refractivity contribution in [3.63, 3.8) is 0 Å². The Labute approximate surface area is 158 Å². The first-order valence-corrected chi connectivity index (χ1v) is 9.47. The second-order valence-electron chi connectivity index (χ2n) is 7.16. The van der Waals surface area contributed by atoms with Gasteiger partial charge in [0, 0.05) is 37.8 Å². The zero-order valence-corrected chi connectivity index (χ0v) is 15.6. The third kappa shape index (κ3) is 4.37. The van der Waals surface area contributed by atoms with Crippen LogP contribution in [-0.4, -0.2) is 54.0 Å². The fourth-order valence-electron chi connectivity index (χ4n) is 3.79. The molecule has 2 fully saturated rings. The van der Waals surface area contributed by atoms with E-state index in [4.69, 9.17) is 4.74 Å². The van der Waals surface area contributed by atoms with E-state index in [-0.39, 0.29) is 29.8 Å². The smallest absolute Gasteiger partial charge is 0.341 e. The summed E-state index contributed by atoms with van der Waals surface area (Å²) in [4.78, 5) is 39.3. The van der Waals surface area contributed by atoms with E-state index in [0.29, 0.717) is 12.2 Å². The molecule has 0 radical (unpaired) electrons. The number of amides is 1. The SMILES string of the molecule is C[C@H]1CCCCN1C(=O)COC(=O)c1cc([N+](=O)[O-])ccc1N1CCCC1. The summed E-state index contributed by atoms with van der Waals surface area (Å²) < 4.78 is 5.25. The first-order chi connectivity index (χ1) is 13.0. The molecule has 0 spiro atoms. The van der Waals surface area contributed by atoms with E-state index >= 15 is 0 Å². The third-order valence-electron chi connectivity index (χ3n) is 5.31. The molecule has 3 rings (SSSR count). The molecule has 146 valence electrons. The average molecular weight is 375 g/mol. The number of hydrogen-bond donors (Lipinski definition) is 0. The van der Waals surface area contributed by atoms with E-state index in [1.54, 1.807) is 11.0 Å². The lowest BCUT2D eigenvalue weighted by atomic mass is 10.0. The molecule has 8 heteroatoms. The molecular formula is C19H25N3O5. The van der Waals surface area contributed by atoms with Crippen molar-refractivity contribution in [2.75, 3.05) is 31.1 Å². The molecule has 2 heterocycles. The highest BCUT2D eigenvalue weighted by molar-refractivity contribution is 5.97. The van der Waals surface area contributed by atoms with Crippen LogP contribution < -0.4 is 4.90 Å². The van der Waals surface area contributed by atoms with Crippen LogP contribution >= 0.6 is 0 Å². The van der Waals surface area contributed by atoms with Crippen molar-refractivity contribution >= 4 is 23.3 Å². The molecule has 2 saturated heterocycles. The summed E-state index contributed by atoms with van der Waals surface area (Å²) in [7, 11) is 0. The average Bonchev–Trinajstić information content (AvgIpc) is 3.20. The molecule has 0 N–H and O–H groups in total. The number of non-ortho nitro benzene ring substituents is 1. The first-order valence-electron chi connectivity index (χ1n) is 9.47. The van der Waals surface area contributed by atoms with Gasteiger partial charge >= 0.3 is 5.97 Å². The summed E-state index contributed by atoms with van der Waals surface area (Å²) in [5, 5.41) is 11.1. The van der Waals surface area contributed by atoms with Crippen molar-refractivity contribution in [1.82, 2.24) is 4.90 Å². The molecular weight excluding hydrogens is 350 g/mol. The minimum atomic E-state index is -0.696. The van der Waals surface area contributed by atoms with Gasteiger partial charge in [-0.05, 0) is 45.1 Å². The van der Waals surface area contributed by atoms with Crippen molar-refractivity contribution < 1.29 is 19.2 Å². The van der Waals surface area contributed by atoms with Crippen LogP contribution in [0.15, 0.2) is 18.2 Å². The normalized spacial score (nSPS) is 19.8. The van der Waals surface area contributed by atoms with Crippen LogP contribution in [0.4, 0.5) is 11.4 Å². The molecule has 1 aromatic carbocycles. The number of carbonyl (C=O) groups is 2. The van der Waals surface area contributed by atoms with Crippen LogP contribution in [-0.2, 0) is 9.53 Å². The Bertz CT molecular complexity index is 730. The monoisotopic (exact) mass is 375 g/mol. The number of benzene rings is 1. The van der Waals surface area contributed by atoms with Crippen LogP contribution in [0.2, 0.25) is 0 Å². The maximum absolute atomic E-state index is 12.6.